The molecule has 0 aliphatic heterocycles. The van der Waals surface area contributed by atoms with Gasteiger partial charge in [0.2, 0.25) is 0 Å². The highest BCUT2D eigenvalue weighted by Gasteiger charge is 2.56. The normalized spacial score (nSPS) is 33.2. The van der Waals surface area contributed by atoms with Gasteiger partial charge in [0.1, 0.15) is 6.10 Å². The zero-order valence-electron chi connectivity index (χ0n) is 17.9. The Balaban J connectivity index is 2.20. The van der Waals surface area contributed by atoms with Gasteiger partial charge in [-0.15, -0.1) is 0 Å². The third-order valence-electron chi connectivity index (χ3n) is 7.21. The van der Waals surface area contributed by atoms with E-state index in [4.69, 9.17) is 9.47 Å². The van der Waals surface area contributed by atoms with Crippen LogP contribution in [-0.2, 0) is 19.1 Å². The van der Waals surface area contributed by atoms with E-state index in [1.807, 2.05) is 6.92 Å². The molecule has 152 valence electrons. The van der Waals surface area contributed by atoms with Gasteiger partial charge in [0.25, 0.3) is 0 Å². The Bertz CT molecular complexity index is 630. The first-order valence-corrected chi connectivity index (χ1v) is 10.1. The topological polar surface area (TPSA) is 52.6 Å². The molecule has 2 fully saturated rings. The number of hydrogen-bond donors (Lipinski definition) is 0. The Kier molecular flexibility index (Phi) is 6.59. The maximum atomic E-state index is 11.6. The number of allylic oxidation sites excluding steroid dienone is 2. The van der Waals surface area contributed by atoms with Gasteiger partial charge in [0, 0.05) is 18.4 Å². The van der Waals surface area contributed by atoms with Crippen molar-refractivity contribution in [2.75, 3.05) is 7.11 Å². The predicted molar refractivity (Wildman–Crippen MR) is 107 cm³/mol. The van der Waals surface area contributed by atoms with E-state index in [1.54, 1.807) is 6.08 Å². The first-order chi connectivity index (χ1) is 12.5. The summed E-state index contributed by atoms with van der Waals surface area (Å²) in [6.45, 7) is 14.8. The van der Waals surface area contributed by atoms with Crippen LogP contribution in [0.4, 0.5) is 0 Å². The highest BCUT2D eigenvalue weighted by atomic mass is 16.5. The van der Waals surface area contributed by atoms with Crippen molar-refractivity contribution in [3.63, 3.8) is 0 Å². The van der Waals surface area contributed by atoms with E-state index < -0.39 is 0 Å². The van der Waals surface area contributed by atoms with E-state index in [9.17, 15) is 9.59 Å². The fourth-order valence-corrected chi connectivity index (χ4v) is 5.80. The molecule has 0 unspecified atom stereocenters. The zero-order valence-corrected chi connectivity index (χ0v) is 17.9. The van der Waals surface area contributed by atoms with Crippen LogP contribution < -0.4 is 0 Å². The van der Waals surface area contributed by atoms with Gasteiger partial charge in [-0.25, -0.2) is 4.79 Å². The van der Waals surface area contributed by atoms with Crippen LogP contribution in [-0.4, -0.2) is 25.2 Å². The number of carbonyl (C=O) groups is 2. The molecule has 27 heavy (non-hydrogen) atoms. The van der Waals surface area contributed by atoms with Crippen molar-refractivity contribution in [1.29, 1.82) is 0 Å². The number of ether oxygens (including phenoxy) is 2. The van der Waals surface area contributed by atoms with E-state index in [0.29, 0.717) is 11.8 Å². The van der Waals surface area contributed by atoms with Crippen LogP contribution in [0.1, 0.15) is 73.1 Å². The summed E-state index contributed by atoms with van der Waals surface area (Å²) in [6, 6.07) is 0. The van der Waals surface area contributed by atoms with Crippen molar-refractivity contribution in [1.82, 2.24) is 0 Å². The van der Waals surface area contributed by atoms with Crippen LogP contribution in [0.2, 0.25) is 0 Å². The first-order valence-electron chi connectivity index (χ1n) is 10.1. The van der Waals surface area contributed by atoms with Crippen molar-refractivity contribution in [3.05, 3.63) is 23.8 Å². The molecule has 4 heteroatoms. The maximum absolute atomic E-state index is 11.6. The monoisotopic (exact) mass is 376 g/mol. The molecule has 4 nitrogen and oxygen atoms in total. The Morgan fingerprint density at radius 3 is 2.48 bits per heavy atom. The molecule has 0 radical (unpaired) electrons. The Morgan fingerprint density at radius 1 is 1.22 bits per heavy atom. The summed E-state index contributed by atoms with van der Waals surface area (Å²) in [5.74, 6) is 0.442. The van der Waals surface area contributed by atoms with Gasteiger partial charge < -0.3 is 9.47 Å². The Morgan fingerprint density at radius 2 is 1.89 bits per heavy atom. The summed E-state index contributed by atoms with van der Waals surface area (Å²) in [5, 5.41) is 0. The van der Waals surface area contributed by atoms with E-state index >= 15 is 0 Å². The van der Waals surface area contributed by atoms with E-state index in [-0.39, 0.29) is 28.9 Å². The van der Waals surface area contributed by atoms with Gasteiger partial charge in [-0.1, -0.05) is 38.5 Å². The van der Waals surface area contributed by atoms with Crippen molar-refractivity contribution >= 4 is 11.9 Å². The van der Waals surface area contributed by atoms with Crippen molar-refractivity contribution in [2.45, 2.75) is 79.2 Å². The molecule has 2 aliphatic carbocycles. The molecule has 2 rings (SSSR count). The number of hydrogen-bond acceptors (Lipinski definition) is 4. The lowest BCUT2D eigenvalue weighted by molar-refractivity contribution is -0.174. The quantitative estimate of drug-likeness (QED) is 0.375. The molecule has 2 aliphatic rings. The molecule has 4 atom stereocenters. The number of methoxy groups -OCH3 is 1. The van der Waals surface area contributed by atoms with Crippen molar-refractivity contribution in [3.8, 4) is 0 Å². The predicted octanol–water partition coefficient (Wildman–Crippen LogP) is 5.23. The third-order valence-corrected chi connectivity index (χ3v) is 7.21. The average molecular weight is 377 g/mol. The Hall–Kier alpha value is -1.58. The second-order valence-electron chi connectivity index (χ2n) is 9.32. The van der Waals surface area contributed by atoms with Gasteiger partial charge in [-0.05, 0) is 62.7 Å². The summed E-state index contributed by atoms with van der Waals surface area (Å²) >= 11 is 0. The summed E-state index contributed by atoms with van der Waals surface area (Å²) in [6.07, 6.45) is 7.53. The van der Waals surface area contributed by atoms with Crippen LogP contribution in [0.25, 0.3) is 0 Å². The molecule has 0 saturated heterocycles. The molecular formula is C23H36O4. The van der Waals surface area contributed by atoms with Gasteiger partial charge in [-0.2, -0.15) is 0 Å². The van der Waals surface area contributed by atoms with Crippen LogP contribution in [0.3, 0.4) is 0 Å². The smallest absolute Gasteiger partial charge is 0.330 e. The number of fused-ring (bicyclic) bond motifs is 1. The molecule has 0 bridgehead atoms. The highest BCUT2D eigenvalue weighted by molar-refractivity contribution is 5.82. The lowest BCUT2D eigenvalue weighted by atomic mass is 9.46. The molecule has 0 heterocycles. The Labute approximate surface area is 164 Å². The first kappa shape index (κ1) is 21.7. The minimum atomic E-state index is -0.290. The van der Waals surface area contributed by atoms with Gasteiger partial charge in [0.05, 0.1) is 7.11 Å². The lowest BCUT2D eigenvalue weighted by Crippen LogP contribution is -2.55. The largest absolute Gasteiger partial charge is 0.466 e. The maximum Gasteiger partial charge on any atom is 0.330 e. The molecule has 2 saturated carbocycles. The summed E-state index contributed by atoms with van der Waals surface area (Å²) in [7, 11) is 1.41. The van der Waals surface area contributed by atoms with E-state index in [0.717, 1.165) is 44.1 Å². The second kappa shape index (κ2) is 8.20. The number of carbonyl (C=O) groups excluding carboxylic acids is 2. The van der Waals surface area contributed by atoms with Gasteiger partial charge in [-0.3, -0.25) is 4.79 Å². The summed E-state index contributed by atoms with van der Waals surface area (Å²) in [4.78, 5) is 23.0. The number of esters is 2. The second-order valence-corrected chi connectivity index (χ2v) is 9.32. The fourth-order valence-electron chi connectivity index (χ4n) is 5.80. The van der Waals surface area contributed by atoms with Crippen LogP contribution >= 0.6 is 0 Å². The van der Waals surface area contributed by atoms with Gasteiger partial charge >= 0.3 is 11.9 Å². The highest BCUT2D eigenvalue weighted by Crippen LogP contribution is 2.62. The summed E-state index contributed by atoms with van der Waals surface area (Å²) in [5.41, 5.74) is 2.49. The average Bonchev–Trinajstić information content (AvgIpc) is 2.56. The van der Waals surface area contributed by atoms with Crippen LogP contribution in [0.5, 0.6) is 0 Å². The molecule has 0 N–H and O–H groups in total. The van der Waals surface area contributed by atoms with Gasteiger partial charge in [0.15, 0.2) is 0 Å². The molecule has 0 aromatic rings. The lowest BCUT2D eigenvalue weighted by Gasteiger charge is -2.60. The van der Waals surface area contributed by atoms with Crippen molar-refractivity contribution in [2.24, 2.45) is 22.7 Å². The molecular weight excluding hydrogens is 340 g/mol. The van der Waals surface area contributed by atoms with E-state index in [2.05, 4.69) is 27.4 Å². The zero-order chi connectivity index (χ0) is 20.4. The number of rotatable bonds is 5. The van der Waals surface area contributed by atoms with Crippen LogP contribution in [0.15, 0.2) is 23.8 Å². The molecule has 0 amide bonds. The SMILES string of the molecule is C=C1CC[C@H]2C(C)(C)[C@@H](OC(C)=O)CC[C@]2(C)[C@H]1CC/C(C)=C/C(=O)OC. The minimum Gasteiger partial charge on any atom is -0.466 e. The van der Waals surface area contributed by atoms with Crippen molar-refractivity contribution < 1.29 is 19.1 Å². The minimum absolute atomic E-state index is 0.0129. The molecule has 0 aromatic carbocycles. The van der Waals surface area contributed by atoms with Crippen LogP contribution in [0, 0.1) is 22.7 Å². The van der Waals surface area contributed by atoms with E-state index in [1.165, 1.54) is 19.6 Å². The molecule has 0 aromatic heterocycles. The molecule has 0 spiro atoms. The fraction of sp³-hybridized carbons (Fsp3) is 0.739. The summed E-state index contributed by atoms with van der Waals surface area (Å²) < 4.78 is 10.4. The third kappa shape index (κ3) is 4.47. The standard InChI is InChI=1S/C23H36O4/c1-15(14-21(25)26-7)8-10-18-16(2)9-11-19-22(4,5)20(27-17(3)24)12-13-23(18,19)6/h14,18-20H,2,8-13H2,1,3-7H3/b15-14+/t18-,19-,20-,23+/m0/s1.